The van der Waals surface area contributed by atoms with Crippen LogP contribution in [0.4, 0.5) is 0 Å². The smallest absolute Gasteiger partial charge is 0.186 e. The summed E-state index contributed by atoms with van der Waals surface area (Å²) in [5, 5.41) is 0. The van der Waals surface area contributed by atoms with Crippen LogP contribution in [0.3, 0.4) is 0 Å². The molecule has 88 valence electrons. The van der Waals surface area contributed by atoms with Crippen molar-refractivity contribution >= 4 is 11.5 Å². The molecule has 4 nitrogen and oxygen atoms in total. The van der Waals surface area contributed by atoms with E-state index in [1.54, 1.807) is 23.3 Å². The number of imidazole rings is 1. The number of hydrogen-bond donors (Lipinski definition) is 0. The number of ketones is 1. The Morgan fingerprint density at radius 1 is 1.38 bits per heavy atom. The zero-order valence-electron chi connectivity index (χ0n) is 10.6. The number of hydrogen-bond acceptors (Lipinski definition) is 3. The third-order valence-corrected chi connectivity index (χ3v) is 2.08. The molecule has 1 aromatic heterocycles. The van der Waals surface area contributed by atoms with Crippen LogP contribution in [0.25, 0.3) is 5.70 Å². The molecule has 1 rings (SSSR count). The molecule has 0 fully saturated rings. The molecule has 1 aromatic rings. The van der Waals surface area contributed by atoms with Crippen LogP contribution in [-0.4, -0.2) is 34.3 Å². The quantitative estimate of drug-likeness (QED) is 0.731. The van der Waals surface area contributed by atoms with Crippen molar-refractivity contribution in [3.8, 4) is 0 Å². The van der Waals surface area contributed by atoms with Crippen molar-refractivity contribution < 1.29 is 4.79 Å². The van der Waals surface area contributed by atoms with Crippen molar-refractivity contribution in [1.29, 1.82) is 0 Å². The van der Waals surface area contributed by atoms with E-state index < -0.39 is 5.41 Å². The Balaban J connectivity index is 3.13. The first-order valence-corrected chi connectivity index (χ1v) is 5.24. The normalized spacial score (nSPS) is 12.7. The van der Waals surface area contributed by atoms with Crippen molar-refractivity contribution in [2.45, 2.75) is 20.8 Å². The lowest BCUT2D eigenvalue weighted by Crippen LogP contribution is -2.25. The van der Waals surface area contributed by atoms with E-state index in [-0.39, 0.29) is 5.78 Å². The van der Waals surface area contributed by atoms with E-state index in [1.165, 1.54) is 0 Å². The molecule has 0 aliphatic heterocycles. The zero-order valence-corrected chi connectivity index (χ0v) is 10.6. The van der Waals surface area contributed by atoms with E-state index in [4.69, 9.17) is 0 Å². The lowest BCUT2D eigenvalue weighted by Gasteiger charge is -2.20. The topological polar surface area (TPSA) is 38.1 Å². The molecule has 0 saturated heterocycles. The highest BCUT2D eigenvalue weighted by atomic mass is 16.1. The standard InChI is InChI=1S/C12H19N3O/c1-12(2,3)11(16)10(8-14(4)5)15-7-6-13-9-15/h6-9H,1-5H3. The molecule has 0 spiro atoms. The van der Waals surface area contributed by atoms with Crippen LogP contribution in [0.1, 0.15) is 20.8 Å². The first-order valence-electron chi connectivity index (χ1n) is 5.24. The third kappa shape index (κ3) is 2.95. The molecule has 0 unspecified atom stereocenters. The second-order valence-corrected chi connectivity index (χ2v) is 5.03. The Morgan fingerprint density at radius 2 is 2.00 bits per heavy atom. The Morgan fingerprint density at radius 3 is 2.38 bits per heavy atom. The van der Waals surface area contributed by atoms with Crippen LogP contribution in [-0.2, 0) is 4.79 Å². The van der Waals surface area contributed by atoms with Gasteiger partial charge >= 0.3 is 0 Å². The van der Waals surface area contributed by atoms with Gasteiger partial charge in [-0.1, -0.05) is 20.8 Å². The molecule has 0 radical (unpaired) electrons. The predicted molar refractivity (Wildman–Crippen MR) is 64.6 cm³/mol. The predicted octanol–water partition coefficient (Wildman–Crippen LogP) is 1.86. The Kier molecular flexibility index (Phi) is 3.52. The van der Waals surface area contributed by atoms with Gasteiger partial charge in [-0.15, -0.1) is 0 Å². The van der Waals surface area contributed by atoms with Gasteiger partial charge in [-0.25, -0.2) is 4.98 Å². The Bertz CT molecular complexity index is 383. The Labute approximate surface area is 96.6 Å². The minimum atomic E-state index is -0.397. The average molecular weight is 221 g/mol. The maximum absolute atomic E-state index is 12.3. The molecule has 0 atom stereocenters. The molecule has 0 aliphatic rings. The van der Waals surface area contributed by atoms with Crippen LogP contribution >= 0.6 is 0 Å². The number of nitrogens with zero attached hydrogens (tertiary/aromatic N) is 3. The van der Waals surface area contributed by atoms with Gasteiger partial charge in [0.1, 0.15) is 5.70 Å². The highest BCUT2D eigenvalue weighted by Gasteiger charge is 2.26. The van der Waals surface area contributed by atoms with Crippen molar-refractivity contribution in [3.05, 3.63) is 24.9 Å². The van der Waals surface area contributed by atoms with Crippen molar-refractivity contribution in [2.75, 3.05) is 14.1 Å². The van der Waals surface area contributed by atoms with Gasteiger partial charge in [-0.05, 0) is 0 Å². The second kappa shape index (κ2) is 4.51. The first kappa shape index (κ1) is 12.5. The summed E-state index contributed by atoms with van der Waals surface area (Å²) in [5.74, 6) is 0.0965. The lowest BCUT2D eigenvalue weighted by molar-refractivity contribution is -0.120. The monoisotopic (exact) mass is 221 g/mol. The van der Waals surface area contributed by atoms with Gasteiger partial charge in [0.15, 0.2) is 5.78 Å². The van der Waals surface area contributed by atoms with Crippen molar-refractivity contribution in [2.24, 2.45) is 5.41 Å². The van der Waals surface area contributed by atoms with Crippen molar-refractivity contribution in [1.82, 2.24) is 14.5 Å². The fourth-order valence-corrected chi connectivity index (χ4v) is 1.27. The minimum Gasteiger partial charge on any atom is -0.382 e. The summed E-state index contributed by atoms with van der Waals surface area (Å²) in [4.78, 5) is 18.1. The summed E-state index contributed by atoms with van der Waals surface area (Å²) in [5.41, 5.74) is 0.238. The van der Waals surface area contributed by atoms with Gasteiger partial charge < -0.3 is 9.47 Å². The third-order valence-electron chi connectivity index (χ3n) is 2.08. The summed E-state index contributed by atoms with van der Waals surface area (Å²) in [6, 6.07) is 0. The molecule has 0 aliphatic carbocycles. The zero-order chi connectivity index (χ0) is 12.3. The van der Waals surface area contributed by atoms with Gasteiger partial charge in [0.05, 0.1) is 6.33 Å². The first-order chi connectivity index (χ1) is 7.32. The molecule has 0 N–H and O–H groups in total. The summed E-state index contributed by atoms with van der Waals surface area (Å²) in [6.45, 7) is 5.74. The number of rotatable bonds is 3. The number of carbonyl (C=O) groups is 1. The number of carbonyl (C=O) groups excluding carboxylic acids is 1. The van der Waals surface area contributed by atoms with Crippen LogP contribution < -0.4 is 0 Å². The SMILES string of the molecule is CN(C)C=C(C(=O)C(C)(C)C)n1ccnc1. The van der Waals surface area contributed by atoms with Gasteiger partial charge in [-0.3, -0.25) is 4.79 Å². The summed E-state index contributed by atoms with van der Waals surface area (Å²) in [6.07, 6.45) is 6.90. The van der Waals surface area contributed by atoms with Gasteiger partial charge in [-0.2, -0.15) is 0 Å². The van der Waals surface area contributed by atoms with Gasteiger partial charge in [0.25, 0.3) is 0 Å². The molecule has 16 heavy (non-hydrogen) atoms. The number of allylic oxidation sites excluding steroid dienone is 1. The molecule has 0 aromatic carbocycles. The summed E-state index contributed by atoms with van der Waals surface area (Å²) < 4.78 is 1.74. The molecule has 0 bridgehead atoms. The van der Waals surface area contributed by atoms with Crippen LogP contribution in [0, 0.1) is 5.41 Å². The summed E-state index contributed by atoms with van der Waals surface area (Å²) >= 11 is 0. The maximum Gasteiger partial charge on any atom is 0.186 e. The molecule has 0 saturated carbocycles. The molecule has 0 amide bonds. The molecule has 1 heterocycles. The van der Waals surface area contributed by atoms with Gasteiger partial charge in [0, 0.05) is 38.1 Å². The number of aromatic nitrogens is 2. The van der Waals surface area contributed by atoms with E-state index in [2.05, 4.69) is 4.98 Å². The fourth-order valence-electron chi connectivity index (χ4n) is 1.27. The second-order valence-electron chi connectivity index (χ2n) is 5.03. The van der Waals surface area contributed by atoms with Gasteiger partial charge in [0.2, 0.25) is 0 Å². The van der Waals surface area contributed by atoms with E-state index >= 15 is 0 Å². The summed E-state index contributed by atoms with van der Waals surface area (Å²) in [7, 11) is 3.79. The van der Waals surface area contributed by atoms with Crippen LogP contribution in [0.2, 0.25) is 0 Å². The van der Waals surface area contributed by atoms with Crippen LogP contribution in [0.15, 0.2) is 24.9 Å². The molecular formula is C12H19N3O. The lowest BCUT2D eigenvalue weighted by atomic mass is 9.89. The highest BCUT2D eigenvalue weighted by Crippen LogP contribution is 2.22. The maximum atomic E-state index is 12.3. The van der Waals surface area contributed by atoms with Crippen molar-refractivity contribution in [3.63, 3.8) is 0 Å². The largest absolute Gasteiger partial charge is 0.382 e. The highest BCUT2D eigenvalue weighted by molar-refractivity contribution is 6.17. The van der Waals surface area contributed by atoms with E-state index in [9.17, 15) is 4.79 Å². The van der Waals surface area contributed by atoms with Crippen LogP contribution in [0.5, 0.6) is 0 Å². The Hall–Kier alpha value is -1.58. The number of Topliss-reactive ketones (excluding diaryl/α,β-unsaturated/α-hetero) is 1. The molecule has 4 heteroatoms. The fraction of sp³-hybridized carbons (Fsp3) is 0.500. The van der Waals surface area contributed by atoms with E-state index in [0.29, 0.717) is 5.70 Å². The van der Waals surface area contributed by atoms with E-state index in [0.717, 1.165) is 0 Å². The average Bonchev–Trinajstić information content (AvgIpc) is 2.63. The van der Waals surface area contributed by atoms with E-state index in [1.807, 2.05) is 46.0 Å². The molecular weight excluding hydrogens is 202 g/mol. The minimum absolute atomic E-state index is 0.0965.